The summed E-state index contributed by atoms with van der Waals surface area (Å²) >= 11 is 17.1. The fraction of sp³-hybridized carbons (Fsp3) is 1.00. The zero-order valence-corrected chi connectivity index (χ0v) is 9.60. The molecule has 0 amide bonds. The maximum absolute atomic E-state index is 5.69. The van der Waals surface area contributed by atoms with Crippen molar-refractivity contribution in [2.24, 2.45) is 5.92 Å². The molecule has 0 radical (unpaired) electrons. The molecule has 0 aliphatic heterocycles. The van der Waals surface area contributed by atoms with Gasteiger partial charge in [0.25, 0.3) is 0 Å². The Morgan fingerprint density at radius 2 is 1.70 bits per heavy atom. The molecule has 0 fully saturated rings. The predicted octanol–water partition coefficient (Wildman–Crippen LogP) is 4.08. The fourth-order valence-electron chi connectivity index (χ4n) is 0.711. The SMILES string of the molecule is CC(C)CCC[Si](Cl)(Cl)Cl. The van der Waals surface area contributed by atoms with Crippen molar-refractivity contribution < 1.29 is 0 Å². The molecule has 0 rings (SSSR count). The van der Waals surface area contributed by atoms with Crippen LogP contribution in [0.25, 0.3) is 0 Å². The first-order chi connectivity index (χ1) is 4.42. The average Bonchev–Trinajstić information content (AvgIpc) is 1.59. The van der Waals surface area contributed by atoms with Crippen LogP contribution in [0.1, 0.15) is 26.7 Å². The standard InChI is InChI=1S/C6H13Cl3Si/c1-6(2)4-3-5-10(7,8)9/h6H,3-5H2,1-2H3. The zero-order valence-electron chi connectivity index (χ0n) is 6.33. The van der Waals surface area contributed by atoms with Crippen molar-refractivity contribution in [1.29, 1.82) is 0 Å². The third-order valence-electron chi connectivity index (χ3n) is 1.24. The molecule has 0 bridgehead atoms. The van der Waals surface area contributed by atoms with E-state index in [-0.39, 0.29) is 0 Å². The van der Waals surface area contributed by atoms with Gasteiger partial charge in [-0.15, -0.1) is 33.2 Å². The summed E-state index contributed by atoms with van der Waals surface area (Å²) in [5.74, 6) is 0.723. The van der Waals surface area contributed by atoms with E-state index in [0.717, 1.165) is 18.4 Å². The molecular formula is C6H13Cl3Si. The van der Waals surface area contributed by atoms with Crippen molar-refractivity contribution in [2.45, 2.75) is 32.7 Å². The Labute approximate surface area is 78.0 Å². The summed E-state index contributed by atoms with van der Waals surface area (Å²) in [4.78, 5) is 0. The molecule has 0 heterocycles. The predicted molar refractivity (Wildman–Crippen MR) is 52.2 cm³/mol. The van der Waals surface area contributed by atoms with Gasteiger partial charge in [0.05, 0.1) is 0 Å². The van der Waals surface area contributed by atoms with E-state index in [1.807, 2.05) is 0 Å². The molecule has 0 aromatic heterocycles. The monoisotopic (exact) mass is 218 g/mol. The van der Waals surface area contributed by atoms with Crippen molar-refractivity contribution >= 4 is 39.2 Å². The minimum absolute atomic E-state index is 0.723. The van der Waals surface area contributed by atoms with Gasteiger partial charge < -0.3 is 0 Å². The second-order valence-electron chi connectivity index (χ2n) is 2.90. The molecule has 0 aromatic rings. The minimum Gasteiger partial charge on any atom is -0.126 e. The Morgan fingerprint density at radius 3 is 2.00 bits per heavy atom. The zero-order chi connectivity index (χ0) is 8.20. The fourth-order valence-corrected chi connectivity index (χ4v) is 2.52. The summed E-state index contributed by atoms with van der Waals surface area (Å²) in [5.41, 5.74) is 0. The van der Waals surface area contributed by atoms with Crippen LogP contribution in [0.5, 0.6) is 0 Å². The van der Waals surface area contributed by atoms with Gasteiger partial charge in [-0.25, -0.2) is 0 Å². The minimum atomic E-state index is -2.31. The van der Waals surface area contributed by atoms with Crippen LogP contribution in [0.4, 0.5) is 0 Å². The van der Waals surface area contributed by atoms with E-state index in [2.05, 4.69) is 13.8 Å². The Morgan fingerprint density at radius 1 is 1.20 bits per heavy atom. The van der Waals surface area contributed by atoms with Crippen LogP contribution in [0.15, 0.2) is 0 Å². The van der Waals surface area contributed by atoms with Crippen LogP contribution in [-0.2, 0) is 0 Å². The van der Waals surface area contributed by atoms with Gasteiger partial charge in [-0.2, -0.15) is 0 Å². The van der Waals surface area contributed by atoms with Crippen LogP contribution in [0, 0.1) is 5.92 Å². The third kappa shape index (κ3) is 9.09. The van der Waals surface area contributed by atoms with E-state index in [4.69, 9.17) is 33.2 Å². The maximum atomic E-state index is 5.69. The van der Waals surface area contributed by atoms with E-state index in [1.54, 1.807) is 0 Å². The van der Waals surface area contributed by atoms with Gasteiger partial charge in [0.2, 0.25) is 0 Å². The van der Waals surface area contributed by atoms with E-state index in [0.29, 0.717) is 0 Å². The summed E-state index contributed by atoms with van der Waals surface area (Å²) in [6.07, 6.45) is 2.22. The lowest BCUT2D eigenvalue weighted by molar-refractivity contribution is 0.575. The van der Waals surface area contributed by atoms with E-state index in [9.17, 15) is 0 Å². The van der Waals surface area contributed by atoms with Crippen LogP contribution >= 0.6 is 33.2 Å². The summed E-state index contributed by atoms with van der Waals surface area (Å²) in [6, 6.07) is -1.51. The average molecular weight is 220 g/mol. The molecule has 0 aliphatic rings. The Hall–Kier alpha value is 1.09. The van der Waals surface area contributed by atoms with Gasteiger partial charge >= 0.3 is 6.00 Å². The van der Waals surface area contributed by atoms with Gasteiger partial charge in [0.1, 0.15) is 0 Å². The van der Waals surface area contributed by atoms with Gasteiger partial charge in [0, 0.05) is 0 Å². The van der Waals surface area contributed by atoms with Gasteiger partial charge in [0.15, 0.2) is 0 Å². The highest BCUT2D eigenvalue weighted by molar-refractivity contribution is 7.64. The Balaban J connectivity index is 3.21. The van der Waals surface area contributed by atoms with Gasteiger partial charge in [-0.3, -0.25) is 0 Å². The first-order valence-electron chi connectivity index (χ1n) is 3.48. The first-order valence-corrected chi connectivity index (χ1v) is 8.73. The van der Waals surface area contributed by atoms with Crippen molar-refractivity contribution in [3.05, 3.63) is 0 Å². The molecule has 0 N–H and O–H groups in total. The Bertz CT molecular complexity index is 87.5. The van der Waals surface area contributed by atoms with E-state index in [1.165, 1.54) is 6.42 Å². The Kier molecular flexibility index (Phi) is 5.39. The first kappa shape index (κ1) is 11.1. The van der Waals surface area contributed by atoms with Crippen LogP contribution in [-0.4, -0.2) is 6.00 Å². The van der Waals surface area contributed by atoms with Crippen molar-refractivity contribution in [3.8, 4) is 0 Å². The van der Waals surface area contributed by atoms with Crippen molar-refractivity contribution in [2.75, 3.05) is 0 Å². The molecule has 0 nitrogen and oxygen atoms in total. The van der Waals surface area contributed by atoms with Crippen molar-refractivity contribution in [1.82, 2.24) is 0 Å². The second-order valence-corrected chi connectivity index (χ2v) is 12.2. The number of hydrogen-bond acceptors (Lipinski definition) is 0. The molecule has 0 atom stereocenters. The lowest BCUT2D eigenvalue weighted by Crippen LogP contribution is -2.08. The smallest absolute Gasteiger partial charge is 0.126 e. The molecular weight excluding hydrogens is 207 g/mol. The van der Waals surface area contributed by atoms with Crippen LogP contribution in [0.3, 0.4) is 0 Å². The van der Waals surface area contributed by atoms with Gasteiger partial charge in [-0.05, 0) is 12.0 Å². The molecule has 0 unspecified atom stereocenters. The topological polar surface area (TPSA) is 0 Å². The second kappa shape index (κ2) is 4.86. The van der Waals surface area contributed by atoms with Crippen LogP contribution < -0.4 is 0 Å². The van der Waals surface area contributed by atoms with Gasteiger partial charge in [-0.1, -0.05) is 26.7 Å². The number of rotatable bonds is 4. The number of halogens is 3. The summed E-state index contributed by atoms with van der Waals surface area (Å²) in [7, 11) is 0. The van der Waals surface area contributed by atoms with E-state index < -0.39 is 6.00 Å². The largest absolute Gasteiger partial charge is 0.341 e. The summed E-state index contributed by atoms with van der Waals surface area (Å²) < 4.78 is 0. The van der Waals surface area contributed by atoms with Crippen LogP contribution in [0.2, 0.25) is 6.04 Å². The molecule has 0 spiro atoms. The van der Waals surface area contributed by atoms with E-state index >= 15 is 0 Å². The normalized spacial score (nSPS) is 12.6. The molecule has 0 aromatic carbocycles. The molecule has 10 heavy (non-hydrogen) atoms. The number of hydrogen-bond donors (Lipinski definition) is 0. The lowest BCUT2D eigenvalue weighted by Gasteiger charge is -2.08. The molecule has 4 heteroatoms. The highest BCUT2D eigenvalue weighted by Crippen LogP contribution is 2.27. The molecule has 0 aliphatic carbocycles. The highest BCUT2D eigenvalue weighted by atomic mass is 35.8. The third-order valence-corrected chi connectivity index (χ3v) is 3.86. The summed E-state index contributed by atoms with van der Waals surface area (Å²) in [5, 5.41) is 0. The van der Waals surface area contributed by atoms with Crippen molar-refractivity contribution in [3.63, 3.8) is 0 Å². The molecule has 0 saturated carbocycles. The lowest BCUT2D eigenvalue weighted by atomic mass is 10.1. The maximum Gasteiger partial charge on any atom is 0.341 e. The highest BCUT2D eigenvalue weighted by Gasteiger charge is 2.23. The quantitative estimate of drug-likeness (QED) is 0.494. The summed E-state index contributed by atoms with van der Waals surface area (Å²) in [6.45, 7) is 4.36. The molecule has 0 saturated heterocycles. The molecule has 62 valence electrons.